The van der Waals surface area contributed by atoms with E-state index < -0.39 is 11.5 Å². The monoisotopic (exact) mass is 260 g/mol. The van der Waals surface area contributed by atoms with Crippen molar-refractivity contribution in [3.8, 4) is 0 Å². The van der Waals surface area contributed by atoms with Gasteiger partial charge in [-0.15, -0.1) is 0 Å². The van der Waals surface area contributed by atoms with Crippen molar-refractivity contribution in [2.24, 2.45) is 5.73 Å². The number of ether oxygens (including phenoxy) is 1. The zero-order valence-corrected chi connectivity index (χ0v) is 10.0. The van der Waals surface area contributed by atoms with Crippen LogP contribution in [-0.2, 0) is 16.1 Å². The number of nitrogens with two attached hydrogens (primary N) is 1. The Bertz CT molecular complexity index is 460. The van der Waals surface area contributed by atoms with Gasteiger partial charge in [-0.1, -0.05) is 11.6 Å². The van der Waals surface area contributed by atoms with E-state index in [0.29, 0.717) is 13.2 Å². The quantitative estimate of drug-likeness (QED) is 0.714. The fourth-order valence-corrected chi connectivity index (χ4v) is 1.32. The topological polar surface area (TPSA) is 99.2 Å². The van der Waals surface area contributed by atoms with Gasteiger partial charge >= 0.3 is 0 Å². The van der Waals surface area contributed by atoms with Crippen LogP contribution in [0.3, 0.4) is 0 Å². The average molecular weight is 261 g/mol. The molecule has 0 aliphatic rings. The highest BCUT2D eigenvalue weighted by Gasteiger charge is 2.09. The third-order valence-corrected chi connectivity index (χ3v) is 2.31. The number of anilines is 1. The van der Waals surface area contributed by atoms with Crippen LogP contribution >= 0.6 is 11.6 Å². The van der Waals surface area contributed by atoms with Crippen molar-refractivity contribution >= 4 is 23.2 Å². The summed E-state index contributed by atoms with van der Waals surface area (Å²) in [5.41, 5.74) is 4.79. The van der Waals surface area contributed by atoms with E-state index in [4.69, 9.17) is 22.1 Å². The fraction of sp³-hybridized carbons (Fsp3) is 0.444. The minimum atomic E-state index is -0.551. The molecule has 0 aliphatic heterocycles. The molecule has 8 heteroatoms. The second kappa shape index (κ2) is 6.21. The number of aromatic nitrogens is 2. The van der Waals surface area contributed by atoms with E-state index in [9.17, 15) is 9.59 Å². The first-order chi connectivity index (χ1) is 8.06. The highest BCUT2D eigenvalue weighted by atomic mass is 35.5. The number of halogens is 1. The third kappa shape index (κ3) is 3.72. The van der Waals surface area contributed by atoms with Crippen molar-refractivity contribution in [3.63, 3.8) is 0 Å². The number of hydrogen-bond donors (Lipinski definition) is 2. The van der Waals surface area contributed by atoms with E-state index in [2.05, 4.69) is 10.4 Å². The molecule has 17 heavy (non-hydrogen) atoms. The minimum absolute atomic E-state index is 0.0302. The number of primary amides is 1. The molecule has 1 amide bonds. The highest BCUT2D eigenvalue weighted by Crippen LogP contribution is 2.14. The molecular formula is C9H13ClN4O3. The average Bonchev–Trinajstić information content (AvgIpc) is 2.29. The Balaban J connectivity index is 2.86. The van der Waals surface area contributed by atoms with E-state index in [1.54, 1.807) is 0 Å². The summed E-state index contributed by atoms with van der Waals surface area (Å²) in [6, 6.07) is 0. The molecule has 1 rings (SSSR count). The van der Waals surface area contributed by atoms with E-state index in [0.717, 1.165) is 0 Å². The van der Waals surface area contributed by atoms with Crippen molar-refractivity contribution < 1.29 is 9.53 Å². The summed E-state index contributed by atoms with van der Waals surface area (Å²) in [6.07, 6.45) is 1.36. The van der Waals surface area contributed by atoms with Crippen LogP contribution in [0.25, 0.3) is 0 Å². The van der Waals surface area contributed by atoms with Crippen LogP contribution in [0.15, 0.2) is 11.0 Å². The van der Waals surface area contributed by atoms with Crippen LogP contribution in [0.5, 0.6) is 0 Å². The van der Waals surface area contributed by atoms with E-state index in [1.165, 1.54) is 18.0 Å². The molecular weight excluding hydrogens is 248 g/mol. The molecule has 0 saturated heterocycles. The van der Waals surface area contributed by atoms with Gasteiger partial charge in [-0.25, -0.2) is 4.68 Å². The summed E-state index contributed by atoms with van der Waals surface area (Å²) in [4.78, 5) is 22.3. The zero-order valence-electron chi connectivity index (χ0n) is 9.27. The molecule has 94 valence electrons. The molecule has 1 aromatic heterocycles. The second-order valence-electron chi connectivity index (χ2n) is 3.21. The van der Waals surface area contributed by atoms with Gasteiger partial charge in [0, 0.05) is 7.11 Å². The van der Waals surface area contributed by atoms with Crippen LogP contribution in [0.1, 0.15) is 0 Å². The molecule has 0 spiro atoms. The molecule has 3 N–H and O–H groups in total. The van der Waals surface area contributed by atoms with Gasteiger partial charge in [-0.05, 0) is 0 Å². The molecule has 1 heterocycles. The largest absolute Gasteiger partial charge is 0.383 e. The van der Waals surface area contributed by atoms with E-state index in [1.807, 2.05) is 0 Å². The molecule has 0 fully saturated rings. The minimum Gasteiger partial charge on any atom is -0.383 e. The first kappa shape index (κ1) is 13.5. The van der Waals surface area contributed by atoms with Crippen molar-refractivity contribution in [1.29, 1.82) is 0 Å². The van der Waals surface area contributed by atoms with E-state index >= 15 is 0 Å². The van der Waals surface area contributed by atoms with Crippen molar-refractivity contribution in [3.05, 3.63) is 21.6 Å². The lowest BCUT2D eigenvalue weighted by Crippen LogP contribution is -2.27. The molecule has 0 aliphatic carbocycles. The van der Waals surface area contributed by atoms with Crippen LogP contribution in [0, 0.1) is 0 Å². The van der Waals surface area contributed by atoms with E-state index in [-0.39, 0.29) is 17.3 Å². The van der Waals surface area contributed by atoms with Gasteiger partial charge in [-0.2, -0.15) is 5.10 Å². The smallest absolute Gasteiger partial charge is 0.287 e. The normalized spacial score (nSPS) is 10.2. The first-order valence-electron chi connectivity index (χ1n) is 4.83. The summed E-state index contributed by atoms with van der Waals surface area (Å²) < 4.78 is 6.01. The molecule has 0 atom stereocenters. The standard InChI is InChI=1S/C9H13ClN4O3/c1-17-3-2-14-9(16)8(10)6(4-13-14)12-5-7(11)15/h4,12H,2-3,5H2,1H3,(H2,11,15). The van der Waals surface area contributed by atoms with Crippen LogP contribution in [0.2, 0.25) is 5.02 Å². The van der Waals surface area contributed by atoms with Gasteiger partial charge in [-0.3, -0.25) is 9.59 Å². The number of carbonyl (C=O) groups is 1. The molecule has 0 saturated carbocycles. The predicted molar refractivity (Wildman–Crippen MR) is 63.1 cm³/mol. The maximum absolute atomic E-state index is 11.7. The molecule has 0 bridgehead atoms. The second-order valence-corrected chi connectivity index (χ2v) is 3.59. The van der Waals surface area contributed by atoms with Crippen LogP contribution in [-0.4, -0.2) is 35.9 Å². The van der Waals surface area contributed by atoms with Gasteiger partial charge in [0.25, 0.3) is 5.56 Å². The first-order valence-corrected chi connectivity index (χ1v) is 5.20. The number of hydrogen-bond acceptors (Lipinski definition) is 5. The lowest BCUT2D eigenvalue weighted by atomic mass is 10.4. The van der Waals surface area contributed by atoms with Gasteiger partial charge < -0.3 is 15.8 Å². The Morgan fingerprint density at radius 3 is 3.00 bits per heavy atom. The zero-order chi connectivity index (χ0) is 12.8. The molecule has 7 nitrogen and oxygen atoms in total. The predicted octanol–water partition coefficient (Wildman–Crippen LogP) is -0.560. The van der Waals surface area contributed by atoms with Crippen LogP contribution < -0.4 is 16.6 Å². The SMILES string of the molecule is COCCn1ncc(NCC(N)=O)c(Cl)c1=O. The number of rotatable bonds is 6. The van der Waals surface area contributed by atoms with Gasteiger partial charge in [0.1, 0.15) is 5.02 Å². The summed E-state index contributed by atoms with van der Waals surface area (Å²) >= 11 is 5.83. The molecule has 1 aromatic rings. The number of nitrogens with one attached hydrogen (secondary N) is 1. The van der Waals surface area contributed by atoms with Crippen molar-refractivity contribution in [2.45, 2.75) is 6.54 Å². The van der Waals surface area contributed by atoms with Crippen molar-refractivity contribution in [1.82, 2.24) is 9.78 Å². The maximum Gasteiger partial charge on any atom is 0.287 e. The third-order valence-electron chi connectivity index (χ3n) is 1.95. The van der Waals surface area contributed by atoms with Gasteiger partial charge in [0.15, 0.2) is 0 Å². The number of methoxy groups -OCH3 is 1. The van der Waals surface area contributed by atoms with Crippen LogP contribution in [0.4, 0.5) is 5.69 Å². The Hall–Kier alpha value is -1.60. The summed E-state index contributed by atoms with van der Waals surface area (Å²) in [5.74, 6) is -0.551. The van der Waals surface area contributed by atoms with Crippen molar-refractivity contribution in [2.75, 3.05) is 25.6 Å². The molecule has 0 radical (unpaired) electrons. The summed E-state index contributed by atoms with van der Waals surface area (Å²) in [6.45, 7) is 0.561. The summed E-state index contributed by atoms with van der Waals surface area (Å²) in [7, 11) is 1.52. The number of carbonyl (C=O) groups excluding carboxylic acids is 1. The molecule has 0 unspecified atom stereocenters. The fourth-order valence-electron chi connectivity index (χ4n) is 1.11. The highest BCUT2D eigenvalue weighted by molar-refractivity contribution is 6.33. The van der Waals surface area contributed by atoms with Gasteiger partial charge in [0.05, 0.1) is 31.6 Å². The Labute approximate surface area is 103 Å². The Kier molecular flexibility index (Phi) is 4.92. The lowest BCUT2D eigenvalue weighted by molar-refractivity contribution is -0.116. The Morgan fingerprint density at radius 1 is 1.71 bits per heavy atom. The number of nitrogens with zero attached hydrogens (tertiary/aromatic N) is 2. The van der Waals surface area contributed by atoms with Gasteiger partial charge in [0.2, 0.25) is 5.91 Å². The maximum atomic E-state index is 11.7. The summed E-state index contributed by atoms with van der Waals surface area (Å²) in [5, 5.41) is 6.47. The Morgan fingerprint density at radius 2 is 2.41 bits per heavy atom. The number of amides is 1. The molecule has 0 aromatic carbocycles. The lowest BCUT2D eigenvalue weighted by Gasteiger charge is -2.08.